The highest BCUT2D eigenvalue weighted by atomic mass is 14.2. The Bertz CT molecular complexity index is 2300. The summed E-state index contributed by atoms with van der Waals surface area (Å²) in [4.78, 5) is 0. The van der Waals surface area contributed by atoms with E-state index in [0.29, 0.717) is 5.92 Å². The number of hydrogen-bond donors (Lipinski definition) is 0. The second kappa shape index (κ2) is 15.9. The molecule has 250 valence electrons. The van der Waals surface area contributed by atoms with Crippen LogP contribution >= 0.6 is 0 Å². The van der Waals surface area contributed by atoms with Crippen LogP contribution in [-0.4, -0.2) is 0 Å². The molecule has 0 heterocycles. The van der Waals surface area contributed by atoms with Gasteiger partial charge in [-0.15, -0.1) is 0 Å². The summed E-state index contributed by atoms with van der Waals surface area (Å²) in [5.74, 6) is 0.318. The van der Waals surface area contributed by atoms with Crippen LogP contribution in [-0.2, 0) is 0 Å². The second-order valence-corrected chi connectivity index (χ2v) is 13.7. The third-order valence-electron chi connectivity index (χ3n) is 10.2. The van der Waals surface area contributed by atoms with Gasteiger partial charge < -0.3 is 0 Å². The van der Waals surface area contributed by atoms with Crippen molar-refractivity contribution in [2.24, 2.45) is 0 Å². The molecule has 0 amide bonds. The van der Waals surface area contributed by atoms with Gasteiger partial charge in [-0.3, -0.25) is 0 Å². The molecule has 2 aliphatic carbocycles. The normalized spacial score (nSPS) is 15.8. The van der Waals surface area contributed by atoms with Gasteiger partial charge in [0.05, 0.1) is 0 Å². The van der Waals surface area contributed by atoms with Gasteiger partial charge in [0.15, 0.2) is 0 Å². The van der Waals surface area contributed by atoms with Crippen molar-refractivity contribution in [2.45, 2.75) is 44.9 Å². The quantitative estimate of drug-likeness (QED) is 0.124. The Labute approximate surface area is 304 Å². The standard InChI is InChI=1S/C51H46/c1-37(18-14-27-44(41-21-8-5-9-22-41)34-38(2)40-19-6-4-7-20-40)51(35-39(3)47-32-16-25-42-23-10-12-30-48(42)47)46-29-15-28-45(36-46)50-33-17-26-43-24-11-13-31-49(43)50/h4,6-8,10-14,16-26,29-36,38H,1,3,5,9,15,27-28H2,2H3/b18-14-,44-34-,51-35-. The van der Waals surface area contributed by atoms with Gasteiger partial charge >= 0.3 is 0 Å². The number of hydrogen-bond acceptors (Lipinski definition) is 0. The maximum absolute atomic E-state index is 4.69. The van der Waals surface area contributed by atoms with E-state index in [1.165, 1.54) is 55.0 Å². The average Bonchev–Trinajstić information content (AvgIpc) is 3.19. The first-order valence-corrected chi connectivity index (χ1v) is 18.3. The monoisotopic (exact) mass is 658 g/mol. The van der Waals surface area contributed by atoms with E-state index in [0.717, 1.165) is 54.4 Å². The van der Waals surface area contributed by atoms with Crippen LogP contribution in [0.2, 0.25) is 0 Å². The second-order valence-electron chi connectivity index (χ2n) is 13.7. The zero-order valence-electron chi connectivity index (χ0n) is 29.7. The fourth-order valence-corrected chi connectivity index (χ4v) is 7.43. The Kier molecular flexibility index (Phi) is 10.5. The van der Waals surface area contributed by atoms with E-state index in [1.807, 2.05) is 0 Å². The van der Waals surface area contributed by atoms with Crippen LogP contribution in [0.5, 0.6) is 0 Å². The average molecular weight is 659 g/mol. The summed E-state index contributed by atoms with van der Waals surface area (Å²) in [5.41, 5.74) is 12.1. The maximum Gasteiger partial charge on any atom is -0.000430 e. The molecule has 5 aromatic carbocycles. The third-order valence-corrected chi connectivity index (χ3v) is 10.2. The van der Waals surface area contributed by atoms with Crippen LogP contribution in [0.1, 0.15) is 61.6 Å². The molecule has 0 fully saturated rings. The Hall–Kier alpha value is -5.72. The topological polar surface area (TPSA) is 0 Å². The fourth-order valence-electron chi connectivity index (χ4n) is 7.43. The van der Waals surface area contributed by atoms with Gasteiger partial charge in [-0.05, 0) is 121 Å². The summed E-state index contributed by atoms with van der Waals surface area (Å²) in [5, 5.41) is 5.00. The molecule has 7 rings (SSSR count). The van der Waals surface area contributed by atoms with Gasteiger partial charge in [-0.2, -0.15) is 0 Å². The maximum atomic E-state index is 4.69. The van der Waals surface area contributed by atoms with Crippen LogP contribution in [0, 0.1) is 0 Å². The molecule has 0 nitrogen and oxygen atoms in total. The number of benzene rings is 5. The van der Waals surface area contributed by atoms with Crippen LogP contribution in [0.4, 0.5) is 0 Å². The minimum atomic E-state index is 0.318. The number of fused-ring (bicyclic) bond motifs is 2. The van der Waals surface area contributed by atoms with E-state index in [-0.39, 0.29) is 0 Å². The van der Waals surface area contributed by atoms with Gasteiger partial charge in [0.2, 0.25) is 0 Å². The molecule has 5 aromatic rings. The number of allylic oxidation sites excluding steroid dienone is 16. The lowest BCUT2D eigenvalue weighted by molar-refractivity contribution is 0.941. The summed E-state index contributed by atoms with van der Waals surface area (Å²) in [6.45, 7) is 11.6. The van der Waals surface area contributed by atoms with Crippen LogP contribution in [0.15, 0.2) is 211 Å². The van der Waals surface area contributed by atoms with Crippen molar-refractivity contribution in [2.75, 3.05) is 0 Å². The molecule has 1 unspecified atom stereocenters. The fraction of sp³-hybridized carbons (Fsp3) is 0.137. The molecular formula is C51H46. The highest BCUT2D eigenvalue weighted by Crippen LogP contribution is 2.37. The first-order valence-electron chi connectivity index (χ1n) is 18.3. The van der Waals surface area contributed by atoms with E-state index in [2.05, 4.69) is 183 Å². The Morgan fingerprint density at radius 2 is 1.39 bits per heavy atom. The van der Waals surface area contributed by atoms with Crippen molar-refractivity contribution < 1.29 is 0 Å². The molecule has 0 aliphatic heterocycles. The van der Waals surface area contributed by atoms with Gasteiger partial charge in [0.25, 0.3) is 0 Å². The summed E-state index contributed by atoms with van der Waals surface area (Å²) in [7, 11) is 0. The van der Waals surface area contributed by atoms with Crippen molar-refractivity contribution >= 4 is 32.7 Å². The molecule has 51 heavy (non-hydrogen) atoms. The zero-order valence-corrected chi connectivity index (χ0v) is 29.7. The minimum absolute atomic E-state index is 0.318. The summed E-state index contributed by atoms with van der Waals surface area (Å²) >= 11 is 0. The Morgan fingerprint density at radius 3 is 2.18 bits per heavy atom. The van der Waals surface area contributed by atoms with E-state index in [9.17, 15) is 0 Å². The molecule has 0 saturated heterocycles. The van der Waals surface area contributed by atoms with E-state index < -0.39 is 0 Å². The van der Waals surface area contributed by atoms with Crippen LogP contribution in [0.3, 0.4) is 0 Å². The smallest absolute Gasteiger partial charge is 0.000430 e. The highest BCUT2D eigenvalue weighted by molar-refractivity contribution is 5.97. The van der Waals surface area contributed by atoms with Crippen molar-refractivity contribution in [1.82, 2.24) is 0 Å². The molecule has 0 spiro atoms. The minimum Gasteiger partial charge on any atom is -0.0911 e. The molecule has 0 N–H and O–H groups in total. The van der Waals surface area contributed by atoms with Crippen molar-refractivity contribution in [1.29, 1.82) is 0 Å². The largest absolute Gasteiger partial charge is 0.0911 e. The Balaban J connectivity index is 1.24. The molecule has 0 heteroatoms. The predicted octanol–water partition coefficient (Wildman–Crippen LogP) is 14.2. The van der Waals surface area contributed by atoms with Gasteiger partial charge in [-0.1, -0.05) is 184 Å². The van der Waals surface area contributed by atoms with Crippen molar-refractivity contribution in [3.05, 3.63) is 228 Å². The van der Waals surface area contributed by atoms with Crippen LogP contribution < -0.4 is 0 Å². The molecular weight excluding hydrogens is 613 g/mol. The highest BCUT2D eigenvalue weighted by Gasteiger charge is 2.16. The van der Waals surface area contributed by atoms with Crippen molar-refractivity contribution in [3.8, 4) is 0 Å². The lowest BCUT2D eigenvalue weighted by atomic mass is 9.85. The molecule has 2 aliphatic rings. The first kappa shape index (κ1) is 33.8. The van der Waals surface area contributed by atoms with E-state index in [1.54, 1.807) is 0 Å². The first-order chi connectivity index (χ1) is 25.0. The molecule has 0 saturated carbocycles. The van der Waals surface area contributed by atoms with E-state index >= 15 is 0 Å². The van der Waals surface area contributed by atoms with Crippen LogP contribution in [0.25, 0.3) is 32.7 Å². The van der Waals surface area contributed by atoms with Gasteiger partial charge in [0.1, 0.15) is 0 Å². The van der Waals surface area contributed by atoms with E-state index in [4.69, 9.17) is 6.58 Å². The molecule has 0 bridgehead atoms. The zero-order chi connectivity index (χ0) is 35.0. The van der Waals surface area contributed by atoms with Gasteiger partial charge in [-0.25, -0.2) is 0 Å². The molecule has 0 radical (unpaired) electrons. The summed E-state index contributed by atoms with van der Waals surface area (Å²) in [6, 6.07) is 41.2. The Morgan fingerprint density at radius 1 is 0.706 bits per heavy atom. The molecule has 1 atom stereocenters. The lowest BCUT2D eigenvalue weighted by Gasteiger charge is -2.19. The number of rotatable bonds is 11. The third kappa shape index (κ3) is 7.87. The van der Waals surface area contributed by atoms with Crippen molar-refractivity contribution in [3.63, 3.8) is 0 Å². The van der Waals surface area contributed by atoms with Gasteiger partial charge in [0, 0.05) is 0 Å². The predicted molar refractivity (Wildman–Crippen MR) is 223 cm³/mol. The molecule has 0 aromatic heterocycles. The SMILES string of the molecule is C=C(/C=C\C/C(=C/C(C)c1ccccc1)C1=CCCC=C1)/C(=C/C(=C)c1cccc2ccccc12)C1=CCCC(c2cccc3ccccc23)=C1. The lowest BCUT2D eigenvalue weighted by Crippen LogP contribution is -1.99. The summed E-state index contributed by atoms with van der Waals surface area (Å²) in [6.07, 6.45) is 26.0. The summed E-state index contributed by atoms with van der Waals surface area (Å²) < 4.78 is 0.